The molecule has 0 amide bonds. The molecule has 0 spiro atoms. The van der Waals surface area contributed by atoms with Gasteiger partial charge in [0.25, 0.3) is 0 Å². The van der Waals surface area contributed by atoms with Crippen LogP contribution in [0.3, 0.4) is 0 Å². The third-order valence-electron chi connectivity index (χ3n) is 2.71. The molecule has 0 saturated carbocycles. The van der Waals surface area contributed by atoms with Crippen LogP contribution in [0.15, 0.2) is 46.9 Å². The molecule has 0 aliphatic carbocycles. The molecule has 0 aliphatic rings. The first kappa shape index (κ1) is 10.8. The highest BCUT2D eigenvalue weighted by Crippen LogP contribution is 2.30. The van der Waals surface area contributed by atoms with E-state index in [1.165, 1.54) is 36.4 Å². The summed E-state index contributed by atoms with van der Waals surface area (Å²) < 4.78 is 31.8. The third-order valence-corrected chi connectivity index (χ3v) is 2.71. The van der Waals surface area contributed by atoms with Crippen molar-refractivity contribution in [3.8, 4) is 17.1 Å². The van der Waals surface area contributed by atoms with E-state index in [1.54, 1.807) is 6.07 Å². The average Bonchev–Trinajstić information content (AvgIpc) is 2.75. The van der Waals surface area contributed by atoms with E-state index in [0.29, 0.717) is 22.3 Å². The number of hydrogen-bond acceptors (Lipinski definition) is 2. The normalized spacial score (nSPS) is 11.0. The van der Waals surface area contributed by atoms with Crippen molar-refractivity contribution in [2.75, 3.05) is 0 Å². The van der Waals surface area contributed by atoms with E-state index >= 15 is 0 Å². The Bertz CT molecular complexity index is 732. The standard InChI is InChI=1S/C14H8F2O2/c15-10-2-4-13-9(5-10)7-14(18-13)8-1-3-12(17)11(16)6-8/h1-7,17H. The monoisotopic (exact) mass is 246 g/mol. The number of hydrogen-bond donors (Lipinski definition) is 1. The lowest BCUT2D eigenvalue weighted by molar-refractivity contribution is 0.432. The molecule has 0 atom stereocenters. The predicted octanol–water partition coefficient (Wildman–Crippen LogP) is 4.08. The van der Waals surface area contributed by atoms with Crippen molar-refractivity contribution < 1.29 is 18.3 Å². The molecule has 1 aromatic heterocycles. The Morgan fingerprint density at radius 2 is 1.78 bits per heavy atom. The second kappa shape index (κ2) is 3.84. The summed E-state index contributed by atoms with van der Waals surface area (Å²) in [6.07, 6.45) is 0. The molecule has 0 aliphatic heterocycles. The first-order valence-electron chi connectivity index (χ1n) is 5.31. The van der Waals surface area contributed by atoms with Crippen LogP contribution in [0.2, 0.25) is 0 Å². The maximum absolute atomic E-state index is 13.2. The summed E-state index contributed by atoms with van der Waals surface area (Å²) in [5.74, 6) is -1.07. The molecule has 18 heavy (non-hydrogen) atoms. The zero-order valence-electron chi connectivity index (χ0n) is 9.15. The second-order valence-corrected chi connectivity index (χ2v) is 3.96. The molecular weight excluding hydrogens is 238 g/mol. The molecule has 0 bridgehead atoms. The van der Waals surface area contributed by atoms with Gasteiger partial charge in [0, 0.05) is 10.9 Å². The summed E-state index contributed by atoms with van der Waals surface area (Å²) in [5.41, 5.74) is 1.02. The Morgan fingerprint density at radius 3 is 2.56 bits per heavy atom. The highest BCUT2D eigenvalue weighted by Gasteiger charge is 2.09. The summed E-state index contributed by atoms with van der Waals surface area (Å²) >= 11 is 0. The van der Waals surface area contributed by atoms with E-state index in [4.69, 9.17) is 9.52 Å². The first-order valence-corrected chi connectivity index (χ1v) is 5.31. The largest absolute Gasteiger partial charge is 0.505 e. The molecule has 0 radical (unpaired) electrons. The van der Waals surface area contributed by atoms with Crippen molar-refractivity contribution in [2.24, 2.45) is 0 Å². The van der Waals surface area contributed by atoms with Crippen LogP contribution in [0.5, 0.6) is 5.75 Å². The minimum absolute atomic E-state index is 0.355. The zero-order chi connectivity index (χ0) is 12.7. The van der Waals surface area contributed by atoms with Crippen molar-refractivity contribution in [1.29, 1.82) is 0 Å². The Kier molecular flexibility index (Phi) is 2.30. The molecule has 90 valence electrons. The van der Waals surface area contributed by atoms with Gasteiger partial charge in [0.15, 0.2) is 11.6 Å². The lowest BCUT2D eigenvalue weighted by atomic mass is 10.1. The summed E-state index contributed by atoms with van der Waals surface area (Å²) in [4.78, 5) is 0. The number of fused-ring (bicyclic) bond motifs is 1. The highest BCUT2D eigenvalue weighted by atomic mass is 19.1. The second-order valence-electron chi connectivity index (χ2n) is 3.96. The molecule has 2 aromatic carbocycles. The molecule has 1 heterocycles. The summed E-state index contributed by atoms with van der Waals surface area (Å²) in [6.45, 7) is 0. The molecule has 3 rings (SSSR count). The summed E-state index contributed by atoms with van der Waals surface area (Å²) in [5, 5.41) is 9.72. The number of phenols is 1. The fraction of sp³-hybridized carbons (Fsp3) is 0. The van der Waals surface area contributed by atoms with Gasteiger partial charge in [-0.05, 0) is 42.5 Å². The number of phenolic OH excluding ortho intramolecular Hbond substituents is 1. The number of halogens is 2. The minimum Gasteiger partial charge on any atom is -0.505 e. The van der Waals surface area contributed by atoms with Crippen LogP contribution in [0, 0.1) is 11.6 Å². The molecule has 0 unspecified atom stereocenters. The fourth-order valence-corrected chi connectivity index (χ4v) is 1.82. The first-order chi connectivity index (χ1) is 8.63. The fourth-order valence-electron chi connectivity index (χ4n) is 1.82. The van der Waals surface area contributed by atoms with Gasteiger partial charge in [0.1, 0.15) is 17.2 Å². The van der Waals surface area contributed by atoms with Gasteiger partial charge in [-0.15, -0.1) is 0 Å². The van der Waals surface area contributed by atoms with Crippen molar-refractivity contribution in [1.82, 2.24) is 0 Å². The number of furan rings is 1. The van der Waals surface area contributed by atoms with Crippen LogP contribution in [0.25, 0.3) is 22.3 Å². The van der Waals surface area contributed by atoms with E-state index in [0.717, 1.165) is 0 Å². The molecule has 0 fully saturated rings. The van der Waals surface area contributed by atoms with Crippen LogP contribution in [-0.2, 0) is 0 Å². The van der Waals surface area contributed by atoms with Gasteiger partial charge in [0.2, 0.25) is 0 Å². The van der Waals surface area contributed by atoms with Gasteiger partial charge < -0.3 is 9.52 Å². The van der Waals surface area contributed by atoms with Gasteiger partial charge in [0.05, 0.1) is 0 Å². The smallest absolute Gasteiger partial charge is 0.165 e. The Labute approximate surface area is 101 Å². The Hall–Kier alpha value is -2.36. The molecule has 3 aromatic rings. The maximum atomic E-state index is 13.2. The molecule has 1 N–H and O–H groups in total. The van der Waals surface area contributed by atoms with E-state index in [-0.39, 0.29) is 5.82 Å². The SMILES string of the molecule is Oc1ccc(-c2cc3cc(F)ccc3o2)cc1F. The zero-order valence-corrected chi connectivity index (χ0v) is 9.15. The van der Waals surface area contributed by atoms with Gasteiger partial charge in [-0.3, -0.25) is 0 Å². The van der Waals surface area contributed by atoms with Gasteiger partial charge in [-0.2, -0.15) is 0 Å². The van der Waals surface area contributed by atoms with Crippen molar-refractivity contribution in [3.05, 3.63) is 54.1 Å². The minimum atomic E-state index is -0.723. The topological polar surface area (TPSA) is 33.4 Å². The van der Waals surface area contributed by atoms with Gasteiger partial charge in [-0.25, -0.2) is 8.78 Å². The molecule has 2 nitrogen and oxygen atoms in total. The molecule has 0 saturated heterocycles. The highest BCUT2D eigenvalue weighted by molar-refractivity contribution is 5.82. The van der Waals surface area contributed by atoms with E-state index in [2.05, 4.69) is 0 Å². The van der Waals surface area contributed by atoms with Crippen molar-refractivity contribution >= 4 is 11.0 Å². The predicted molar refractivity (Wildman–Crippen MR) is 63.2 cm³/mol. The maximum Gasteiger partial charge on any atom is 0.165 e. The van der Waals surface area contributed by atoms with Crippen LogP contribution < -0.4 is 0 Å². The van der Waals surface area contributed by atoms with Gasteiger partial charge >= 0.3 is 0 Å². The average molecular weight is 246 g/mol. The van der Waals surface area contributed by atoms with Crippen molar-refractivity contribution in [3.63, 3.8) is 0 Å². The van der Waals surface area contributed by atoms with Crippen LogP contribution >= 0.6 is 0 Å². The van der Waals surface area contributed by atoms with E-state index < -0.39 is 11.6 Å². The number of rotatable bonds is 1. The summed E-state index contributed by atoms with van der Waals surface area (Å²) in [6, 6.07) is 9.75. The van der Waals surface area contributed by atoms with Crippen LogP contribution in [0.4, 0.5) is 8.78 Å². The van der Waals surface area contributed by atoms with Crippen LogP contribution in [0.1, 0.15) is 0 Å². The number of benzene rings is 2. The van der Waals surface area contributed by atoms with Crippen molar-refractivity contribution in [2.45, 2.75) is 0 Å². The van der Waals surface area contributed by atoms with E-state index in [1.807, 2.05) is 0 Å². The van der Waals surface area contributed by atoms with Gasteiger partial charge in [-0.1, -0.05) is 0 Å². The third kappa shape index (κ3) is 1.72. The lowest BCUT2D eigenvalue weighted by Crippen LogP contribution is -1.78. The molecular formula is C14H8F2O2. The molecule has 4 heteroatoms. The Balaban J connectivity index is 2.16. The van der Waals surface area contributed by atoms with Crippen LogP contribution in [-0.4, -0.2) is 5.11 Å². The Morgan fingerprint density at radius 1 is 0.944 bits per heavy atom. The van der Waals surface area contributed by atoms with E-state index in [9.17, 15) is 8.78 Å². The lowest BCUT2D eigenvalue weighted by Gasteiger charge is -1.98. The quantitative estimate of drug-likeness (QED) is 0.701. The number of aromatic hydroxyl groups is 1. The summed E-state index contributed by atoms with van der Waals surface area (Å²) in [7, 11) is 0.